The van der Waals surface area contributed by atoms with Crippen molar-refractivity contribution >= 4 is 40.9 Å². The van der Waals surface area contributed by atoms with Crippen molar-refractivity contribution in [3.8, 4) is 6.07 Å². The molecule has 0 aliphatic carbocycles. The number of carbonyl (C=O) groups is 1. The van der Waals surface area contributed by atoms with Crippen LogP contribution in [0.25, 0.3) is 6.08 Å². The molecule has 8 heteroatoms. The highest BCUT2D eigenvalue weighted by molar-refractivity contribution is 6.36. The van der Waals surface area contributed by atoms with Gasteiger partial charge in [0.1, 0.15) is 11.6 Å². The minimum absolute atomic E-state index is 0.215. The number of alkyl halides is 3. The Balaban J connectivity index is 2.23. The Morgan fingerprint density at radius 2 is 1.76 bits per heavy atom. The summed E-state index contributed by atoms with van der Waals surface area (Å²) in [5.74, 6) is -0.758. The molecule has 2 rings (SSSR count). The van der Waals surface area contributed by atoms with E-state index in [0.29, 0.717) is 5.02 Å². The van der Waals surface area contributed by atoms with Gasteiger partial charge in [0, 0.05) is 5.02 Å². The van der Waals surface area contributed by atoms with Crippen molar-refractivity contribution in [2.45, 2.75) is 6.18 Å². The molecule has 0 saturated heterocycles. The smallest absolute Gasteiger partial charge is 0.320 e. The molecule has 1 amide bonds. The summed E-state index contributed by atoms with van der Waals surface area (Å²) >= 11 is 11.7. The summed E-state index contributed by atoms with van der Waals surface area (Å²) in [6.07, 6.45) is -3.28. The number of amides is 1. The number of nitrogens with zero attached hydrogens (tertiary/aromatic N) is 1. The van der Waals surface area contributed by atoms with Crippen LogP contribution in [0.2, 0.25) is 10.0 Å². The maximum atomic E-state index is 12.5. The van der Waals surface area contributed by atoms with Gasteiger partial charge < -0.3 is 5.32 Å². The SMILES string of the molecule is N#CC(=Cc1ccc(C(F)(F)F)cc1)C(=O)Nc1cc(Cl)ccc1Cl. The molecule has 128 valence electrons. The van der Waals surface area contributed by atoms with Gasteiger partial charge in [0.15, 0.2) is 0 Å². The third-order valence-electron chi connectivity index (χ3n) is 3.09. The predicted molar refractivity (Wildman–Crippen MR) is 90.1 cm³/mol. The van der Waals surface area contributed by atoms with Crippen LogP contribution in [0.1, 0.15) is 11.1 Å². The van der Waals surface area contributed by atoms with Gasteiger partial charge >= 0.3 is 6.18 Å². The molecule has 0 saturated carbocycles. The van der Waals surface area contributed by atoms with Crippen LogP contribution in [0.15, 0.2) is 48.0 Å². The third-order valence-corrected chi connectivity index (χ3v) is 3.66. The lowest BCUT2D eigenvalue weighted by atomic mass is 10.1. The van der Waals surface area contributed by atoms with Crippen LogP contribution in [0.4, 0.5) is 18.9 Å². The molecule has 0 aliphatic rings. The monoisotopic (exact) mass is 384 g/mol. The van der Waals surface area contributed by atoms with Crippen LogP contribution in [-0.2, 0) is 11.0 Å². The Kier molecular flexibility index (Phi) is 5.73. The second-order valence-electron chi connectivity index (χ2n) is 4.87. The first-order chi connectivity index (χ1) is 11.7. The molecule has 0 bridgehead atoms. The van der Waals surface area contributed by atoms with Gasteiger partial charge in [-0.05, 0) is 42.0 Å². The van der Waals surface area contributed by atoms with Crippen LogP contribution in [-0.4, -0.2) is 5.91 Å². The highest BCUT2D eigenvalue weighted by Crippen LogP contribution is 2.29. The van der Waals surface area contributed by atoms with E-state index in [2.05, 4.69) is 5.32 Å². The van der Waals surface area contributed by atoms with E-state index in [9.17, 15) is 18.0 Å². The maximum absolute atomic E-state index is 12.5. The minimum Gasteiger partial charge on any atom is -0.320 e. The van der Waals surface area contributed by atoms with Crippen LogP contribution in [0, 0.1) is 11.3 Å². The number of nitriles is 1. The molecule has 25 heavy (non-hydrogen) atoms. The van der Waals surface area contributed by atoms with Crippen LogP contribution in [0.5, 0.6) is 0 Å². The van der Waals surface area contributed by atoms with Crippen LogP contribution in [0.3, 0.4) is 0 Å². The van der Waals surface area contributed by atoms with E-state index < -0.39 is 17.6 Å². The molecule has 2 aromatic rings. The van der Waals surface area contributed by atoms with E-state index in [1.165, 1.54) is 36.4 Å². The molecule has 2 aromatic carbocycles. The fraction of sp³-hybridized carbons (Fsp3) is 0.0588. The van der Waals surface area contributed by atoms with Gasteiger partial charge in [-0.3, -0.25) is 4.79 Å². The summed E-state index contributed by atoms with van der Waals surface area (Å²) in [6.45, 7) is 0. The van der Waals surface area contributed by atoms with Gasteiger partial charge in [-0.2, -0.15) is 18.4 Å². The van der Waals surface area contributed by atoms with Crippen LogP contribution >= 0.6 is 23.2 Å². The normalized spacial score (nSPS) is 11.8. The van der Waals surface area contributed by atoms with E-state index in [1.54, 1.807) is 6.07 Å². The Labute approximate surface area is 151 Å². The van der Waals surface area contributed by atoms with Gasteiger partial charge in [0.2, 0.25) is 0 Å². The molecule has 0 fully saturated rings. The van der Waals surface area contributed by atoms with E-state index in [0.717, 1.165) is 12.1 Å². The van der Waals surface area contributed by atoms with Crippen molar-refractivity contribution in [1.82, 2.24) is 0 Å². The van der Waals surface area contributed by atoms with E-state index in [1.807, 2.05) is 0 Å². The molecule has 1 N–H and O–H groups in total. The van der Waals surface area contributed by atoms with Gasteiger partial charge in [-0.1, -0.05) is 35.3 Å². The van der Waals surface area contributed by atoms with Crippen molar-refractivity contribution in [3.63, 3.8) is 0 Å². The van der Waals surface area contributed by atoms with Crippen molar-refractivity contribution in [1.29, 1.82) is 5.26 Å². The topological polar surface area (TPSA) is 52.9 Å². The Morgan fingerprint density at radius 1 is 1.12 bits per heavy atom. The predicted octanol–water partition coefficient (Wildman–Crippen LogP) is 5.56. The number of anilines is 1. The molecular formula is C17H9Cl2F3N2O. The van der Waals surface area contributed by atoms with Crippen molar-refractivity contribution in [2.24, 2.45) is 0 Å². The Morgan fingerprint density at radius 3 is 2.32 bits per heavy atom. The molecule has 0 atom stereocenters. The molecule has 0 heterocycles. The first kappa shape index (κ1) is 18.8. The molecule has 0 spiro atoms. The average molecular weight is 385 g/mol. The largest absolute Gasteiger partial charge is 0.416 e. The summed E-state index contributed by atoms with van der Waals surface area (Å²) in [5, 5.41) is 12.1. The molecular weight excluding hydrogens is 376 g/mol. The first-order valence-electron chi connectivity index (χ1n) is 6.76. The summed E-state index contributed by atoms with van der Waals surface area (Å²) in [6, 6.07) is 10.2. The fourth-order valence-corrected chi connectivity index (χ4v) is 2.20. The van der Waals surface area contributed by atoms with E-state index in [4.69, 9.17) is 28.5 Å². The quantitative estimate of drug-likeness (QED) is 0.556. The maximum Gasteiger partial charge on any atom is 0.416 e. The Bertz CT molecular complexity index is 869. The first-order valence-corrected chi connectivity index (χ1v) is 7.52. The zero-order chi connectivity index (χ0) is 18.6. The van der Waals surface area contributed by atoms with E-state index >= 15 is 0 Å². The lowest BCUT2D eigenvalue weighted by Gasteiger charge is -2.08. The van der Waals surface area contributed by atoms with Crippen molar-refractivity contribution in [3.05, 3.63) is 69.2 Å². The van der Waals surface area contributed by atoms with Gasteiger partial charge in [0.25, 0.3) is 5.91 Å². The number of carbonyl (C=O) groups excluding carboxylic acids is 1. The molecule has 3 nitrogen and oxygen atoms in total. The molecule has 0 aromatic heterocycles. The summed E-state index contributed by atoms with van der Waals surface area (Å²) in [4.78, 5) is 12.2. The van der Waals surface area contributed by atoms with Gasteiger partial charge in [0.05, 0.1) is 16.3 Å². The number of hydrogen-bond donors (Lipinski definition) is 1. The molecule has 0 unspecified atom stereocenters. The van der Waals surface area contributed by atoms with Gasteiger partial charge in [-0.15, -0.1) is 0 Å². The number of benzene rings is 2. The van der Waals surface area contributed by atoms with Crippen LogP contribution < -0.4 is 5.32 Å². The number of nitrogens with one attached hydrogen (secondary N) is 1. The number of hydrogen-bond acceptors (Lipinski definition) is 2. The van der Waals surface area contributed by atoms with Crippen molar-refractivity contribution in [2.75, 3.05) is 5.32 Å². The zero-order valence-electron chi connectivity index (χ0n) is 12.4. The number of halogens is 5. The fourth-order valence-electron chi connectivity index (χ4n) is 1.87. The summed E-state index contributed by atoms with van der Waals surface area (Å²) in [5.41, 5.74) is -0.626. The molecule has 0 radical (unpaired) electrons. The lowest BCUT2D eigenvalue weighted by Crippen LogP contribution is -2.13. The summed E-state index contributed by atoms with van der Waals surface area (Å²) < 4.78 is 37.6. The highest BCUT2D eigenvalue weighted by Gasteiger charge is 2.29. The molecule has 0 aliphatic heterocycles. The third kappa shape index (κ3) is 4.99. The Hall–Kier alpha value is -2.49. The second kappa shape index (κ2) is 7.60. The highest BCUT2D eigenvalue weighted by atomic mass is 35.5. The van der Waals surface area contributed by atoms with Gasteiger partial charge in [-0.25, -0.2) is 0 Å². The summed E-state index contributed by atoms with van der Waals surface area (Å²) in [7, 11) is 0. The zero-order valence-corrected chi connectivity index (χ0v) is 13.9. The average Bonchev–Trinajstić information content (AvgIpc) is 2.55. The van der Waals surface area contributed by atoms with Crippen molar-refractivity contribution < 1.29 is 18.0 Å². The lowest BCUT2D eigenvalue weighted by molar-refractivity contribution is -0.137. The second-order valence-corrected chi connectivity index (χ2v) is 5.71. The standard InChI is InChI=1S/C17H9Cl2F3N2O/c18-13-5-6-14(19)15(8-13)24-16(25)11(9-23)7-10-1-3-12(4-2-10)17(20,21)22/h1-8H,(H,24,25). The minimum atomic E-state index is -4.46. The number of rotatable bonds is 3. The van der Waals surface area contributed by atoms with E-state index in [-0.39, 0.29) is 21.8 Å².